The maximum atomic E-state index is 5.90. The molecule has 0 amide bonds. The van der Waals surface area contributed by atoms with E-state index in [1.54, 1.807) is 0 Å². The minimum absolute atomic E-state index is 0.465. The van der Waals surface area contributed by atoms with Crippen molar-refractivity contribution in [1.29, 1.82) is 0 Å². The third-order valence-electron chi connectivity index (χ3n) is 2.54. The van der Waals surface area contributed by atoms with Crippen LogP contribution < -0.4 is 0 Å². The second-order valence-corrected chi connectivity index (χ2v) is 3.80. The lowest BCUT2D eigenvalue weighted by molar-refractivity contribution is 0.475. The van der Waals surface area contributed by atoms with Gasteiger partial charge in [-0.1, -0.05) is 0 Å². The van der Waals surface area contributed by atoms with Gasteiger partial charge in [-0.2, -0.15) is 0 Å². The summed E-state index contributed by atoms with van der Waals surface area (Å²) in [6.45, 7) is 4.12. The lowest BCUT2D eigenvalue weighted by atomic mass is 10.2. The van der Waals surface area contributed by atoms with Crippen LogP contribution in [0.3, 0.4) is 0 Å². The van der Waals surface area contributed by atoms with Gasteiger partial charge in [0, 0.05) is 6.04 Å². The molecule has 0 aliphatic heterocycles. The molecule has 0 spiro atoms. The van der Waals surface area contributed by atoms with Crippen molar-refractivity contribution in [2.75, 3.05) is 0 Å². The van der Waals surface area contributed by atoms with Crippen LogP contribution in [0.2, 0.25) is 5.28 Å². The predicted molar refractivity (Wildman–Crippen MR) is 47.2 cm³/mol. The van der Waals surface area contributed by atoms with E-state index >= 15 is 0 Å². The largest absolute Gasteiger partial charge is 0.299 e. The second-order valence-electron chi connectivity index (χ2n) is 3.46. The topological polar surface area (TPSA) is 30.7 Å². The summed E-state index contributed by atoms with van der Waals surface area (Å²) in [6.07, 6.45) is 2.63. The van der Waals surface area contributed by atoms with Crippen LogP contribution in [0.25, 0.3) is 0 Å². The molecule has 1 saturated carbocycles. The Morgan fingerprint density at radius 2 is 2.17 bits per heavy atom. The highest BCUT2D eigenvalue weighted by Gasteiger charge is 2.31. The molecule has 1 aromatic rings. The molecule has 0 bridgehead atoms. The van der Waals surface area contributed by atoms with Crippen LogP contribution in [-0.4, -0.2) is 14.8 Å². The summed E-state index contributed by atoms with van der Waals surface area (Å²) >= 11 is 5.90. The molecule has 1 heterocycles. The molecule has 1 aromatic heterocycles. The van der Waals surface area contributed by atoms with Gasteiger partial charge in [-0.25, -0.2) is 0 Å². The minimum atomic E-state index is 0.465. The molecular weight excluding hydrogens is 174 g/mol. The average molecular weight is 186 g/mol. The van der Waals surface area contributed by atoms with Crippen molar-refractivity contribution in [3.63, 3.8) is 0 Å². The van der Waals surface area contributed by atoms with E-state index in [0.29, 0.717) is 11.3 Å². The van der Waals surface area contributed by atoms with E-state index < -0.39 is 0 Å². The zero-order chi connectivity index (χ0) is 8.72. The molecule has 0 saturated heterocycles. The number of rotatable bonds is 2. The summed E-state index contributed by atoms with van der Waals surface area (Å²) < 4.78 is 2.01. The molecule has 0 aromatic carbocycles. The van der Waals surface area contributed by atoms with Crippen LogP contribution in [0.5, 0.6) is 0 Å². The minimum Gasteiger partial charge on any atom is -0.299 e. The fraction of sp³-hybridized carbons (Fsp3) is 0.750. The Bertz CT molecular complexity index is 271. The van der Waals surface area contributed by atoms with E-state index in [0.717, 1.165) is 11.7 Å². The van der Waals surface area contributed by atoms with Gasteiger partial charge in [0.2, 0.25) is 5.28 Å². The fourth-order valence-corrected chi connectivity index (χ4v) is 1.91. The van der Waals surface area contributed by atoms with Crippen LogP contribution in [0.15, 0.2) is 0 Å². The van der Waals surface area contributed by atoms with Gasteiger partial charge in [0.25, 0.3) is 0 Å². The van der Waals surface area contributed by atoms with Crippen molar-refractivity contribution in [3.8, 4) is 0 Å². The Kier molecular flexibility index (Phi) is 1.83. The van der Waals surface area contributed by atoms with Crippen LogP contribution >= 0.6 is 11.6 Å². The Hall–Kier alpha value is -0.570. The first kappa shape index (κ1) is 8.05. The molecule has 1 atom stereocenters. The molecule has 12 heavy (non-hydrogen) atoms. The van der Waals surface area contributed by atoms with Crippen molar-refractivity contribution in [2.45, 2.75) is 32.7 Å². The van der Waals surface area contributed by atoms with Crippen LogP contribution in [0.1, 0.15) is 31.6 Å². The molecule has 4 heteroatoms. The molecule has 1 aliphatic carbocycles. The van der Waals surface area contributed by atoms with Crippen molar-refractivity contribution >= 4 is 11.6 Å². The van der Waals surface area contributed by atoms with E-state index in [-0.39, 0.29) is 0 Å². The molecular formula is C8H12ClN3. The van der Waals surface area contributed by atoms with Crippen molar-refractivity contribution in [3.05, 3.63) is 11.1 Å². The van der Waals surface area contributed by atoms with Crippen molar-refractivity contribution in [2.24, 2.45) is 5.92 Å². The molecule has 2 rings (SSSR count). The number of hydrogen-bond donors (Lipinski definition) is 0. The van der Waals surface area contributed by atoms with E-state index in [9.17, 15) is 0 Å². The summed E-state index contributed by atoms with van der Waals surface area (Å²) in [6, 6.07) is 0.465. The smallest absolute Gasteiger partial charge is 0.225 e. The normalized spacial score (nSPS) is 19.6. The van der Waals surface area contributed by atoms with Crippen molar-refractivity contribution in [1.82, 2.24) is 14.8 Å². The number of nitrogens with zero attached hydrogens (tertiary/aromatic N) is 3. The van der Waals surface area contributed by atoms with E-state index in [1.807, 2.05) is 11.5 Å². The summed E-state index contributed by atoms with van der Waals surface area (Å²) in [4.78, 5) is 0. The highest BCUT2D eigenvalue weighted by molar-refractivity contribution is 6.28. The number of aryl methyl sites for hydroxylation is 1. The van der Waals surface area contributed by atoms with Crippen LogP contribution in [-0.2, 0) is 0 Å². The molecule has 1 unspecified atom stereocenters. The lowest BCUT2D eigenvalue weighted by Crippen LogP contribution is -2.09. The molecule has 0 N–H and O–H groups in total. The molecule has 1 fully saturated rings. The van der Waals surface area contributed by atoms with E-state index in [4.69, 9.17) is 11.6 Å². The third-order valence-corrected chi connectivity index (χ3v) is 2.79. The van der Waals surface area contributed by atoms with Crippen LogP contribution in [0.4, 0.5) is 0 Å². The van der Waals surface area contributed by atoms with Gasteiger partial charge < -0.3 is 0 Å². The van der Waals surface area contributed by atoms with Gasteiger partial charge in [0.15, 0.2) is 0 Å². The Morgan fingerprint density at radius 3 is 2.58 bits per heavy atom. The number of halogens is 1. The predicted octanol–water partition coefficient (Wildman–Crippen LogP) is 2.21. The van der Waals surface area contributed by atoms with Gasteiger partial charge in [-0.3, -0.25) is 4.57 Å². The summed E-state index contributed by atoms with van der Waals surface area (Å²) in [5, 5.41) is 8.27. The summed E-state index contributed by atoms with van der Waals surface area (Å²) in [5.41, 5.74) is 0. The molecule has 66 valence electrons. The first-order valence-electron chi connectivity index (χ1n) is 4.27. The van der Waals surface area contributed by atoms with E-state index in [1.165, 1.54) is 12.8 Å². The Morgan fingerprint density at radius 1 is 1.50 bits per heavy atom. The number of hydrogen-bond acceptors (Lipinski definition) is 2. The van der Waals surface area contributed by atoms with Gasteiger partial charge in [-0.15, -0.1) is 10.2 Å². The van der Waals surface area contributed by atoms with Gasteiger partial charge in [-0.05, 0) is 44.2 Å². The van der Waals surface area contributed by atoms with Crippen molar-refractivity contribution < 1.29 is 0 Å². The zero-order valence-corrected chi connectivity index (χ0v) is 8.04. The average Bonchev–Trinajstić information content (AvgIpc) is 2.79. The first-order valence-corrected chi connectivity index (χ1v) is 4.65. The third kappa shape index (κ3) is 1.22. The highest BCUT2D eigenvalue weighted by atomic mass is 35.5. The van der Waals surface area contributed by atoms with Gasteiger partial charge in [0.05, 0.1) is 0 Å². The first-order chi connectivity index (χ1) is 5.70. The quantitative estimate of drug-likeness (QED) is 0.708. The zero-order valence-electron chi connectivity index (χ0n) is 7.29. The summed E-state index contributed by atoms with van der Waals surface area (Å²) in [5.74, 6) is 1.71. The maximum absolute atomic E-state index is 5.90. The maximum Gasteiger partial charge on any atom is 0.225 e. The SMILES string of the molecule is Cc1nnc(Cl)n1C(C)C1CC1. The molecule has 1 aliphatic rings. The standard InChI is InChI=1S/C8H12ClN3/c1-5(7-3-4-7)12-6(2)10-11-8(12)9/h5,7H,3-4H2,1-2H3. The highest BCUT2D eigenvalue weighted by Crippen LogP contribution is 2.40. The molecule has 0 radical (unpaired) electrons. The van der Waals surface area contributed by atoms with Crippen LogP contribution in [0, 0.1) is 12.8 Å². The van der Waals surface area contributed by atoms with Gasteiger partial charge in [0.1, 0.15) is 5.82 Å². The number of aromatic nitrogens is 3. The second kappa shape index (κ2) is 2.73. The Balaban J connectivity index is 2.30. The van der Waals surface area contributed by atoms with E-state index in [2.05, 4.69) is 17.1 Å². The molecule has 3 nitrogen and oxygen atoms in total. The summed E-state index contributed by atoms with van der Waals surface area (Å²) in [7, 11) is 0. The monoisotopic (exact) mass is 185 g/mol. The van der Waals surface area contributed by atoms with Gasteiger partial charge >= 0.3 is 0 Å². The lowest BCUT2D eigenvalue weighted by Gasteiger charge is -2.13. The Labute approximate surface area is 76.7 Å². The fourth-order valence-electron chi connectivity index (χ4n) is 1.60.